The van der Waals surface area contributed by atoms with Crippen molar-refractivity contribution in [3.8, 4) is 0 Å². The smallest absolute Gasteiger partial charge is 0.323 e. The summed E-state index contributed by atoms with van der Waals surface area (Å²) in [5.41, 5.74) is 0. The van der Waals surface area contributed by atoms with Crippen molar-refractivity contribution in [3.05, 3.63) is 0 Å². The fourth-order valence-corrected chi connectivity index (χ4v) is 1.40. The molecule has 0 aromatic carbocycles. The second-order valence-electron chi connectivity index (χ2n) is 4.73. The fourth-order valence-electron chi connectivity index (χ4n) is 1.40. The Morgan fingerprint density at radius 1 is 1.24 bits per heavy atom. The Morgan fingerprint density at radius 3 is 2.24 bits per heavy atom. The van der Waals surface area contributed by atoms with Crippen LogP contribution in [-0.2, 0) is 14.3 Å². The summed E-state index contributed by atoms with van der Waals surface area (Å²) >= 11 is 0. The number of ether oxygens (including phenoxy) is 1. The zero-order chi connectivity index (χ0) is 13.4. The lowest BCUT2D eigenvalue weighted by Gasteiger charge is -2.22. The Kier molecular flexibility index (Phi) is 7.54. The molecule has 0 atom stereocenters. The topological polar surface area (TPSA) is 66.8 Å². The quantitative estimate of drug-likeness (QED) is 0.701. The van der Waals surface area contributed by atoms with Crippen LogP contribution >= 0.6 is 0 Å². The maximum atomic E-state index is 11.8. The Morgan fingerprint density at radius 2 is 1.82 bits per heavy atom. The van der Waals surface area contributed by atoms with Gasteiger partial charge < -0.3 is 14.7 Å². The van der Waals surface area contributed by atoms with E-state index in [1.807, 2.05) is 27.7 Å². The van der Waals surface area contributed by atoms with E-state index in [0.717, 1.165) is 0 Å². The van der Waals surface area contributed by atoms with E-state index in [1.165, 1.54) is 4.90 Å². The second kappa shape index (κ2) is 8.06. The summed E-state index contributed by atoms with van der Waals surface area (Å²) in [6.45, 7) is 8.26. The van der Waals surface area contributed by atoms with Crippen molar-refractivity contribution in [1.82, 2.24) is 4.90 Å². The lowest BCUT2D eigenvalue weighted by Crippen LogP contribution is -2.38. The molecule has 0 rings (SSSR count). The molecule has 0 heterocycles. The molecule has 0 radical (unpaired) electrons. The molecule has 0 fully saturated rings. The average Bonchev–Trinajstić information content (AvgIpc) is 2.14. The van der Waals surface area contributed by atoms with Crippen molar-refractivity contribution < 1.29 is 19.4 Å². The number of aliphatic carboxylic acids is 1. The van der Waals surface area contributed by atoms with E-state index in [2.05, 4.69) is 0 Å². The summed E-state index contributed by atoms with van der Waals surface area (Å²) in [5, 5.41) is 8.73. The molecule has 0 unspecified atom stereocenters. The van der Waals surface area contributed by atoms with Gasteiger partial charge in [-0.2, -0.15) is 0 Å². The Bertz CT molecular complexity index is 251. The van der Waals surface area contributed by atoms with Gasteiger partial charge in [0.2, 0.25) is 5.91 Å². The van der Waals surface area contributed by atoms with Gasteiger partial charge in [-0.25, -0.2) is 0 Å². The van der Waals surface area contributed by atoms with E-state index in [-0.39, 0.29) is 30.9 Å². The Hall–Kier alpha value is -1.10. The monoisotopic (exact) mass is 245 g/mol. The van der Waals surface area contributed by atoms with Gasteiger partial charge in [0.15, 0.2) is 0 Å². The van der Waals surface area contributed by atoms with E-state index in [0.29, 0.717) is 13.2 Å². The van der Waals surface area contributed by atoms with Crippen LogP contribution in [0.25, 0.3) is 0 Å². The predicted molar refractivity (Wildman–Crippen MR) is 64.8 cm³/mol. The van der Waals surface area contributed by atoms with Gasteiger partial charge in [-0.05, 0) is 19.8 Å². The SMILES string of the molecule is CC(C)CN(CC(=O)O)C(=O)CCOC(C)C. The molecule has 0 spiro atoms. The first-order valence-electron chi connectivity index (χ1n) is 5.94. The summed E-state index contributed by atoms with van der Waals surface area (Å²) in [5.74, 6) is -0.894. The number of hydrogen-bond acceptors (Lipinski definition) is 3. The number of nitrogens with zero attached hydrogens (tertiary/aromatic N) is 1. The molecule has 1 amide bonds. The van der Waals surface area contributed by atoms with Crippen LogP contribution in [0.4, 0.5) is 0 Å². The molecular weight excluding hydrogens is 222 g/mol. The first-order chi connectivity index (χ1) is 7.82. The maximum absolute atomic E-state index is 11.8. The second-order valence-corrected chi connectivity index (χ2v) is 4.73. The van der Waals surface area contributed by atoms with Gasteiger partial charge >= 0.3 is 5.97 Å². The van der Waals surface area contributed by atoms with Crippen LogP contribution in [0, 0.1) is 5.92 Å². The van der Waals surface area contributed by atoms with E-state index >= 15 is 0 Å². The predicted octanol–water partition coefficient (Wildman–Crippen LogP) is 1.37. The molecule has 5 nitrogen and oxygen atoms in total. The standard InChI is InChI=1S/C12H23NO4/c1-9(2)7-13(8-12(15)16)11(14)5-6-17-10(3)4/h9-10H,5-8H2,1-4H3,(H,15,16). The van der Waals surface area contributed by atoms with Crippen LogP contribution in [0.3, 0.4) is 0 Å². The molecule has 5 heteroatoms. The highest BCUT2D eigenvalue weighted by molar-refractivity contribution is 5.81. The molecule has 0 aliphatic heterocycles. The first kappa shape index (κ1) is 15.9. The molecule has 17 heavy (non-hydrogen) atoms. The summed E-state index contributed by atoms with van der Waals surface area (Å²) in [6, 6.07) is 0. The molecule has 0 aromatic heterocycles. The van der Waals surface area contributed by atoms with E-state index in [1.54, 1.807) is 0 Å². The normalized spacial score (nSPS) is 10.9. The van der Waals surface area contributed by atoms with Crippen LogP contribution in [0.15, 0.2) is 0 Å². The Balaban J connectivity index is 4.17. The third kappa shape index (κ3) is 8.68. The van der Waals surface area contributed by atoms with Gasteiger partial charge in [0, 0.05) is 6.54 Å². The van der Waals surface area contributed by atoms with Gasteiger partial charge in [-0.3, -0.25) is 9.59 Å². The lowest BCUT2D eigenvalue weighted by atomic mass is 10.2. The number of carbonyl (C=O) groups excluding carboxylic acids is 1. The number of rotatable bonds is 8. The number of carboxylic acids is 1. The van der Waals surface area contributed by atoms with E-state index < -0.39 is 5.97 Å². The van der Waals surface area contributed by atoms with Crippen molar-refractivity contribution in [1.29, 1.82) is 0 Å². The highest BCUT2D eigenvalue weighted by atomic mass is 16.5. The van der Waals surface area contributed by atoms with Gasteiger partial charge in [0.25, 0.3) is 0 Å². The lowest BCUT2D eigenvalue weighted by molar-refractivity contribution is -0.145. The fraction of sp³-hybridized carbons (Fsp3) is 0.833. The molecule has 0 aliphatic carbocycles. The van der Waals surface area contributed by atoms with Gasteiger partial charge in [0.1, 0.15) is 6.54 Å². The molecule has 0 saturated carbocycles. The van der Waals surface area contributed by atoms with Crippen LogP contribution in [-0.4, -0.2) is 47.7 Å². The van der Waals surface area contributed by atoms with Gasteiger partial charge in [-0.15, -0.1) is 0 Å². The van der Waals surface area contributed by atoms with Gasteiger partial charge in [0.05, 0.1) is 19.1 Å². The van der Waals surface area contributed by atoms with Crippen molar-refractivity contribution in [2.24, 2.45) is 5.92 Å². The number of carboxylic acid groups (broad SMARTS) is 1. The van der Waals surface area contributed by atoms with Crippen LogP contribution in [0.1, 0.15) is 34.1 Å². The highest BCUT2D eigenvalue weighted by Crippen LogP contribution is 2.02. The molecule has 0 bridgehead atoms. The Labute approximate surface area is 103 Å². The molecule has 1 N–H and O–H groups in total. The van der Waals surface area contributed by atoms with Crippen molar-refractivity contribution >= 4 is 11.9 Å². The summed E-state index contributed by atoms with van der Waals surface area (Å²) < 4.78 is 5.28. The summed E-state index contributed by atoms with van der Waals surface area (Å²) in [7, 11) is 0. The number of amides is 1. The summed E-state index contributed by atoms with van der Waals surface area (Å²) in [4.78, 5) is 23.8. The first-order valence-corrected chi connectivity index (χ1v) is 5.94. The molecule has 100 valence electrons. The van der Waals surface area contributed by atoms with Crippen LogP contribution in [0.2, 0.25) is 0 Å². The van der Waals surface area contributed by atoms with Gasteiger partial charge in [-0.1, -0.05) is 13.8 Å². The number of carbonyl (C=O) groups is 2. The molecular formula is C12H23NO4. The van der Waals surface area contributed by atoms with Crippen molar-refractivity contribution in [2.45, 2.75) is 40.2 Å². The van der Waals surface area contributed by atoms with Crippen LogP contribution in [0.5, 0.6) is 0 Å². The number of hydrogen-bond donors (Lipinski definition) is 1. The molecule has 0 saturated heterocycles. The minimum Gasteiger partial charge on any atom is -0.480 e. The van der Waals surface area contributed by atoms with Crippen molar-refractivity contribution in [3.63, 3.8) is 0 Å². The third-order valence-electron chi connectivity index (χ3n) is 2.03. The average molecular weight is 245 g/mol. The van der Waals surface area contributed by atoms with E-state index in [4.69, 9.17) is 9.84 Å². The minimum atomic E-state index is -0.983. The highest BCUT2D eigenvalue weighted by Gasteiger charge is 2.17. The summed E-state index contributed by atoms with van der Waals surface area (Å²) in [6.07, 6.45) is 0.318. The van der Waals surface area contributed by atoms with Crippen LogP contribution < -0.4 is 0 Å². The zero-order valence-corrected chi connectivity index (χ0v) is 11.1. The van der Waals surface area contributed by atoms with Crippen molar-refractivity contribution in [2.75, 3.05) is 19.7 Å². The van der Waals surface area contributed by atoms with E-state index in [9.17, 15) is 9.59 Å². The zero-order valence-electron chi connectivity index (χ0n) is 11.1. The maximum Gasteiger partial charge on any atom is 0.323 e. The molecule has 0 aliphatic rings. The third-order valence-corrected chi connectivity index (χ3v) is 2.03. The molecule has 0 aromatic rings. The minimum absolute atomic E-state index is 0.0841. The largest absolute Gasteiger partial charge is 0.480 e.